The number of H-pyrrole nitrogens is 1. The highest BCUT2D eigenvalue weighted by Gasteiger charge is 2.22. The summed E-state index contributed by atoms with van der Waals surface area (Å²) in [7, 11) is 0. The summed E-state index contributed by atoms with van der Waals surface area (Å²) in [6.07, 6.45) is 1.93. The third-order valence-electron chi connectivity index (χ3n) is 4.66. The van der Waals surface area contributed by atoms with E-state index in [-0.39, 0.29) is 11.8 Å². The summed E-state index contributed by atoms with van der Waals surface area (Å²) in [6, 6.07) is 13.7. The van der Waals surface area contributed by atoms with Gasteiger partial charge in [0.25, 0.3) is 0 Å². The zero-order chi connectivity index (χ0) is 17.2. The van der Waals surface area contributed by atoms with Gasteiger partial charge in [0.2, 0.25) is 5.91 Å². The lowest BCUT2D eigenvalue weighted by Crippen LogP contribution is -2.37. The monoisotopic (exact) mass is 354 g/mol. The molecule has 1 atom stereocenters. The van der Waals surface area contributed by atoms with E-state index >= 15 is 0 Å². The third kappa shape index (κ3) is 3.25. The van der Waals surface area contributed by atoms with E-state index in [9.17, 15) is 4.79 Å². The fraction of sp³-hybridized carbons (Fsp3) is 0.263. The van der Waals surface area contributed by atoms with Crippen LogP contribution >= 0.6 is 11.6 Å². The summed E-state index contributed by atoms with van der Waals surface area (Å²) < 4.78 is 0. The summed E-state index contributed by atoms with van der Waals surface area (Å²) in [5, 5.41) is 15.1. The lowest BCUT2D eigenvalue weighted by Gasteiger charge is -2.21. The molecule has 4 rings (SSSR count). The topological polar surface area (TPSA) is 69.8 Å². The number of halogens is 1. The van der Waals surface area contributed by atoms with Crippen LogP contribution < -0.4 is 10.6 Å². The van der Waals surface area contributed by atoms with Gasteiger partial charge in [-0.15, -0.1) is 0 Å². The number of carbonyl (C=O) groups excluding carboxylic acids is 1. The molecule has 1 aliphatic rings. The van der Waals surface area contributed by atoms with Crippen molar-refractivity contribution < 1.29 is 4.79 Å². The van der Waals surface area contributed by atoms with Crippen molar-refractivity contribution in [2.75, 3.05) is 18.4 Å². The van der Waals surface area contributed by atoms with Crippen molar-refractivity contribution in [1.82, 2.24) is 15.5 Å². The highest BCUT2D eigenvalue weighted by Crippen LogP contribution is 2.31. The molecule has 5 nitrogen and oxygen atoms in total. The van der Waals surface area contributed by atoms with Crippen LogP contribution in [0.25, 0.3) is 22.0 Å². The molecule has 1 amide bonds. The van der Waals surface area contributed by atoms with Crippen LogP contribution in [0.1, 0.15) is 12.8 Å². The molecule has 0 bridgehead atoms. The minimum absolute atomic E-state index is 0.00718. The van der Waals surface area contributed by atoms with Gasteiger partial charge >= 0.3 is 0 Å². The molecule has 128 valence electrons. The van der Waals surface area contributed by atoms with Crippen LogP contribution in [-0.2, 0) is 4.79 Å². The lowest BCUT2D eigenvalue weighted by atomic mass is 9.99. The number of piperidine rings is 1. The van der Waals surface area contributed by atoms with Gasteiger partial charge in [-0.05, 0) is 43.1 Å². The average molecular weight is 355 g/mol. The number of benzene rings is 2. The molecule has 1 fully saturated rings. The molecule has 3 N–H and O–H groups in total. The molecule has 1 aliphatic heterocycles. The van der Waals surface area contributed by atoms with Gasteiger partial charge in [0.15, 0.2) is 5.82 Å². The standard InChI is InChI=1S/C19H19ClN4O/c20-16-6-2-1-5-14(16)12-7-8-17-15(10-12)18(24-23-17)22-19(25)13-4-3-9-21-11-13/h1-2,5-8,10,13,21H,3-4,9,11H2,(H2,22,23,24,25)/t13-/m1/s1. The summed E-state index contributed by atoms with van der Waals surface area (Å²) in [5.41, 5.74) is 2.84. The number of aromatic nitrogens is 2. The average Bonchev–Trinajstić information content (AvgIpc) is 3.05. The van der Waals surface area contributed by atoms with Crippen LogP contribution in [0.2, 0.25) is 5.02 Å². The number of nitrogens with zero attached hydrogens (tertiary/aromatic N) is 1. The number of hydrogen-bond donors (Lipinski definition) is 3. The smallest absolute Gasteiger partial charge is 0.229 e. The number of rotatable bonds is 3. The van der Waals surface area contributed by atoms with E-state index in [1.165, 1.54) is 0 Å². The van der Waals surface area contributed by atoms with Crippen molar-refractivity contribution >= 4 is 34.2 Å². The van der Waals surface area contributed by atoms with Crippen LogP contribution in [0, 0.1) is 5.92 Å². The molecule has 2 heterocycles. The first-order chi connectivity index (χ1) is 12.2. The number of nitrogens with one attached hydrogen (secondary N) is 3. The normalized spacial score (nSPS) is 17.6. The number of hydrogen-bond acceptors (Lipinski definition) is 3. The van der Waals surface area contributed by atoms with Gasteiger partial charge in [0, 0.05) is 22.5 Å². The first kappa shape index (κ1) is 16.1. The van der Waals surface area contributed by atoms with Crippen molar-refractivity contribution in [2.45, 2.75) is 12.8 Å². The maximum atomic E-state index is 12.5. The maximum absolute atomic E-state index is 12.5. The fourth-order valence-corrected chi connectivity index (χ4v) is 3.51. The first-order valence-electron chi connectivity index (χ1n) is 8.47. The molecule has 0 saturated carbocycles. The Morgan fingerprint density at radius 1 is 1.24 bits per heavy atom. The number of fused-ring (bicyclic) bond motifs is 1. The molecule has 3 aromatic rings. The van der Waals surface area contributed by atoms with Gasteiger partial charge in [-0.2, -0.15) is 5.10 Å². The van der Waals surface area contributed by atoms with Crippen LogP contribution in [-0.4, -0.2) is 29.2 Å². The quantitative estimate of drug-likeness (QED) is 0.669. The van der Waals surface area contributed by atoms with Gasteiger partial charge in [-0.1, -0.05) is 35.9 Å². The predicted octanol–water partition coefficient (Wildman–Crippen LogP) is 3.82. The Hall–Kier alpha value is -2.37. The Bertz CT molecular complexity index is 915. The first-order valence-corrected chi connectivity index (χ1v) is 8.85. The Kier molecular flexibility index (Phi) is 4.42. The van der Waals surface area contributed by atoms with Crippen molar-refractivity contribution in [1.29, 1.82) is 0 Å². The summed E-state index contributed by atoms with van der Waals surface area (Å²) >= 11 is 6.31. The molecule has 0 radical (unpaired) electrons. The van der Waals surface area contributed by atoms with Crippen LogP contribution in [0.15, 0.2) is 42.5 Å². The number of carbonyl (C=O) groups is 1. The second-order valence-corrected chi connectivity index (χ2v) is 6.75. The van der Waals surface area contributed by atoms with Crippen LogP contribution in [0.5, 0.6) is 0 Å². The van der Waals surface area contributed by atoms with Crippen LogP contribution in [0.3, 0.4) is 0 Å². The van der Waals surface area contributed by atoms with E-state index in [0.29, 0.717) is 10.8 Å². The van der Waals surface area contributed by atoms with Gasteiger partial charge in [0.1, 0.15) is 0 Å². The van der Waals surface area contributed by atoms with Gasteiger partial charge < -0.3 is 10.6 Å². The molecule has 6 heteroatoms. The number of anilines is 1. The zero-order valence-electron chi connectivity index (χ0n) is 13.7. The summed E-state index contributed by atoms with van der Waals surface area (Å²) in [5.74, 6) is 0.579. The van der Waals surface area contributed by atoms with Crippen molar-refractivity contribution in [3.63, 3.8) is 0 Å². The Balaban J connectivity index is 1.65. The van der Waals surface area contributed by atoms with Crippen molar-refractivity contribution in [3.05, 3.63) is 47.5 Å². The van der Waals surface area contributed by atoms with E-state index < -0.39 is 0 Å². The second kappa shape index (κ2) is 6.86. The number of amides is 1. The fourth-order valence-electron chi connectivity index (χ4n) is 3.27. The van der Waals surface area contributed by atoms with E-state index in [0.717, 1.165) is 48.0 Å². The number of aromatic amines is 1. The molecular formula is C19H19ClN4O. The molecular weight excluding hydrogens is 336 g/mol. The molecule has 2 aromatic carbocycles. The Morgan fingerprint density at radius 3 is 2.92 bits per heavy atom. The lowest BCUT2D eigenvalue weighted by molar-refractivity contribution is -0.120. The van der Waals surface area contributed by atoms with E-state index in [1.54, 1.807) is 0 Å². The van der Waals surface area contributed by atoms with E-state index in [1.807, 2.05) is 42.5 Å². The molecule has 0 aliphatic carbocycles. The van der Waals surface area contributed by atoms with Crippen molar-refractivity contribution in [2.24, 2.45) is 5.92 Å². The minimum Gasteiger partial charge on any atom is -0.316 e. The highest BCUT2D eigenvalue weighted by atomic mass is 35.5. The highest BCUT2D eigenvalue weighted by molar-refractivity contribution is 6.33. The van der Waals surface area contributed by atoms with Gasteiger partial charge in [0.05, 0.1) is 11.4 Å². The molecule has 0 spiro atoms. The molecule has 1 saturated heterocycles. The van der Waals surface area contributed by atoms with Gasteiger partial charge in [-0.3, -0.25) is 9.89 Å². The SMILES string of the molecule is O=C(Nc1n[nH]c2ccc(-c3ccccc3Cl)cc12)[C@@H]1CCCNC1. The maximum Gasteiger partial charge on any atom is 0.229 e. The largest absolute Gasteiger partial charge is 0.316 e. The molecule has 1 aromatic heterocycles. The third-order valence-corrected chi connectivity index (χ3v) is 4.99. The van der Waals surface area contributed by atoms with E-state index in [2.05, 4.69) is 20.8 Å². The summed E-state index contributed by atoms with van der Waals surface area (Å²) in [6.45, 7) is 1.70. The van der Waals surface area contributed by atoms with Crippen LogP contribution in [0.4, 0.5) is 5.82 Å². The second-order valence-electron chi connectivity index (χ2n) is 6.34. The Morgan fingerprint density at radius 2 is 2.12 bits per heavy atom. The summed E-state index contributed by atoms with van der Waals surface area (Å²) in [4.78, 5) is 12.5. The van der Waals surface area contributed by atoms with E-state index in [4.69, 9.17) is 11.6 Å². The Labute approximate surface area is 150 Å². The van der Waals surface area contributed by atoms with Crippen molar-refractivity contribution in [3.8, 4) is 11.1 Å². The predicted molar refractivity (Wildman–Crippen MR) is 101 cm³/mol. The van der Waals surface area contributed by atoms with Gasteiger partial charge in [-0.25, -0.2) is 0 Å². The minimum atomic E-state index is -0.00718. The molecule has 25 heavy (non-hydrogen) atoms. The molecule has 0 unspecified atom stereocenters. The zero-order valence-corrected chi connectivity index (χ0v) is 14.4.